The number of rotatable bonds is 12. The molecule has 0 fully saturated rings. The van der Waals surface area contributed by atoms with Gasteiger partial charge in [0.25, 0.3) is 0 Å². The van der Waals surface area contributed by atoms with Crippen LogP contribution in [0.2, 0.25) is 5.54 Å². The van der Waals surface area contributed by atoms with Crippen molar-refractivity contribution in [2.24, 2.45) is 0 Å². The molecule has 1 atom stereocenters. The highest BCUT2D eigenvalue weighted by atomic mass is 28.4. The van der Waals surface area contributed by atoms with E-state index in [9.17, 15) is 0 Å². The van der Waals surface area contributed by atoms with Crippen molar-refractivity contribution in [1.82, 2.24) is 4.98 Å². The van der Waals surface area contributed by atoms with E-state index in [1.807, 2.05) is 0 Å². The van der Waals surface area contributed by atoms with Crippen LogP contribution in [-0.4, -0.2) is 28.5 Å². The molecular formula is C14H33NO2Si. The summed E-state index contributed by atoms with van der Waals surface area (Å²) in [6.07, 6.45) is 5.61. The van der Waals surface area contributed by atoms with E-state index in [1.54, 1.807) is 0 Å². The first kappa shape index (κ1) is 18.1. The lowest BCUT2D eigenvalue weighted by molar-refractivity contribution is 0.147. The van der Waals surface area contributed by atoms with Crippen LogP contribution in [0.3, 0.4) is 0 Å². The molecule has 1 N–H and O–H groups in total. The fraction of sp³-hybridized carbons (Fsp3) is 1.00. The molecule has 0 aliphatic heterocycles. The first-order valence-corrected chi connectivity index (χ1v) is 9.59. The Balaban J connectivity index is 4.62. The predicted molar refractivity (Wildman–Crippen MR) is 80.9 cm³/mol. The minimum Gasteiger partial charge on any atom is -0.383 e. The second-order valence-corrected chi connectivity index (χ2v) is 8.21. The molecular weight excluding hydrogens is 242 g/mol. The van der Waals surface area contributed by atoms with Crippen LogP contribution in [0, 0.1) is 0 Å². The van der Waals surface area contributed by atoms with Gasteiger partial charge in [0.15, 0.2) is 0 Å². The molecule has 0 heterocycles. The van der Waals surface area contributed by atoms with Crippen LogP contribution in [0.5, 0.6) is 0 Å². The lowest BCUT2D eigenvalue weighted by atomic mass is 10.3. The topological polar surface area (TPSA) is 30.5 Å². The van der Waals surface area contributed by atoms with Gasteiger partial charge in [0.2, 0.25) is 0 Å². The van der Waals surface area contributed by atoms with Crippen LogP contribution < -0.4 is 4.98 Å². The lowest BCUT2D eigenvalue weighted by Crippen LogP contribution is -2.59. The Morgan fingerprint density at radius 3 is 1.89 bits per heavy atom. The van der Waals surface area contributed by atoms with Crippen LogP contribution in [0.15, 0.2) is 0 Å². The molecule has 0 aromatic carbocycles. The molecule has 0 spiro atoms. The number of unbranched alkanes of at least 4 members (excludes halogenated alkanes) is 1. The molecule has 0 amide bonds. The molecule has 0 aromatic rings. The van der Waals surface area contributed by atoms with Crippen molar-refractivity contribution < 1.29 is 8.85 Å². The van der Waals surface area contributed by atoms with Gasteiger partial charge in [-0.2, -0.15) is 0 Å². The zero-order valence-corrected chi connectivity index (χ0v) is 14.1. The monoisotopic (exact) mass is 275 g/mol. The SMILES string of the molecule is CCCCN[Si](OCCC)(OCCC)C(C)CC. The van der Waals surface area contributed by atoms with Crippen LogP contribution >= 0.6 is 0 Å². The molecule has 0 bridgehead atoms. The summed E-state index contributed by atoms with van der Waals surface area (Å²) in [4.78, 5) is 3.65. The lowest BCUT2D eigenvalue weighted by Gasteiger charge is -2.35. The standard InChI is InChI=1S/C14H33NO2Si/c1-6-10-11-15-18(14(5)9-4,16-12-7-2)17-13-8-3/h14-15H,6-13H2,1-5H3. The van der Waals surface area contributed by atoms with Crippen LogP contribution in [0.4, 0.5) is 0 Å². The van der Waals surface area contributed by atoms with Gasteiger partial charge < -0.3 is 8.85 Å². The van der Waals surface area contributed by atoms with Gasteiger partial charge in [-0.05, 0) is 25.8 Å². The summed E-state index contributed by atoms with van der Waals surface area (Å²) in [7, 11) is -2.23. The van der Waals surface area contributed by atoms with Crippen molar-refractivity contribution >= 4 is 8.72 Å². The molecule has 0 saturated carbocycles. The van der Waals surface area contributed by atoms with Crippen LogP contribution in [0.1, 0.15) is 66.7 Å². The van der Waals surface area contributed by atoms with Crippen molar-refractivity contribution in [3.05, 3.63) is 0 Å². The van der Waals surface area contributed by atoms with E-state index >= 15 is 0 Å². The quantitative estimate of drug-likeness (QED) is 0.432. The van der Waals surface area contributed by atoms with E-state index in [0.29, 0.717) is 5.54 Å². The van der Waals surface area contributed by atoms with Gasteiger partial charge in [0.1, 0.15) is 0 Å². The molecule has 0 saturated heterocycles. The van der Waals surface area contributed by atoms with Gasteiger partial charge in [-0.25, -0.2) is 0 Å². The summed E-state index contributed by atoms with van der Waals surface area (Å²) in [6.45, 7) is 13.6. The highest BCUT2D eigenvalue weighted by Gasteiger charge is 2.43. The summed E-state index contributed by atoms with van der Waals surface area (Å²) >= 11 is 0. The van der Waals surface area contributed by atoms with E-state index < -0.39 is 8.72 Å². The molecule has 18 heavy (non-hydrogen) atoms. The van der Waals surface area contributed by atoms with E-state index in [-0.39, 0.29) is 0 Å². The molecule has 0 aromatic heterocycles. The van der Waals surface area contributed by atoms with Crippen molar-refractivity contribution in [3.8, 4) is 0 Å². The maximum Gasteiger partial charge on any atom is 0.428 e. The molecule has 4 heteroatoms. The molecule has 0 rings (SSSR count). The number of nitrogens with one attached hydrogen (secondary N) is 1. The maximum absolute atomic E-state index is 6.19. The average molecular weight is 276 g/mol. The van der Waals surface area contributed by atoms with E-state index in [4.69, 9.17) is 8.85 Å². The summed E-state index contributed by atoms with van der Waals surface area (Å²) < 4.78 is 12.4. The Labute approximate surface area is 115 Å². The van der Waals surface area contributed by atoms with Crippen molar-refractivity contribution in [2.75, 3.05) is 19.8 Å². The summed E-state index contributed by atoms with van der Waals surface area (Å²) in [5, 5.41) is 0. The summed E-state index contributed by atoms with van der Waals surface area (Å²) in [6, 6.07) is 0. The van der Waals surface area contributed by atoms with Gasteiger partial charge in [-0.15, -0.1) is 0 Å². The average Bonchev–Trinajstić information content (AvgIpc) is 2.40. The van der Waals surface area contributed by atoms with Crippen LogP contribution in [0.25, 0.3) is 0 Å². The van der Waals surface area contributed by atoms with E-state index in [1.165, 1.54) is 12.8 Å². The first-order valence-electron chi connectivity index (χ1n) is 7.69. The third kappa shape index (κ3) is 6.32. The van der Waals surface area contributed by atoms with Gasteiger partial charge in [-0.3, -0.25) is 4.98 Å². The second-order valence-electron chi connectivity index (χ2n) is 4.95. The second kappa shape index (κ2) is 11.0. The maximum atomic E-state index is 6.19. The fourth-order valence-electron chi connectivity index (χ4n) is 1.82. The van der Waals surface area contributed by atoms with Gasteiger partial charge in [0, 0.05) is 18.8 Å². The fourth-order valence-corrected chi connectivity index (χ4v) is 5.10. The highest BCUT2D eigenvalue weighted by molar-refractivity contribution is 6.66. The Bertz CT molecular complexity index is 183. The smallest absolute Gasteiger partial charge is 0.383 e. The normalized spacial score (nSPS) is 13.8. The molecule has 0 radical (unpaired) electrons. The Kier molecular flexibility index (Phi) is 11.0. The minimum absolute atomic E-state index is 0.493. The molecule has 1 unspecified atom stereocenters. The number of hydrogen-bond acceptors (Lipinski definition) is 3. The van der Waals surface area contributed by atoms with E-state index in [0.717, 1.165) is 39.0 Å². The Morgan fingerprint density at radius 2 is 1.50 bits per heavy atom. The molecule has 0 aliphatic rings. The molecule has 110 valence electrons. The first-order chi connectivity index (χ1) is 8.66. The van der Waals surface area contributed by atoms with Gasteiger partial charge in [0.05, 0.1) is 0 Å². The van der Waals surface area contributed by atoms with Crippen molar-refractivity contribution in [1.29, 1.82) is 0 Å². The van der Waals surface area contributed by atoms with E-state index in [2.05, 4.69) is 39.6 Å². The Hall–Kier alpha value is 0.0969. The highest BCUT2D eigenvalue weighted by Crippen LogP contribution is 2.25. The zero-order valence-electron chi connectivity index (χ0n) is 13.1. The third-order valence-corrected chi connectivity index (χ3v) is 6.92. The van der Waals surface area contributed by atoms with Crippen molar-refractivity contribution in [2.45, 2.75) is 72.3 Å². The number of hydrogen-bond donors (Lipinski definition) is 1. The molecule has 3 nitrogen and oxygen atoms in total. The largest absolute Gasteiger partial charge is 0.428 e. The summed E-state index contributed by atoms with van der Waals surface area (Å²) in [5.74, 6) is 0. The predicted octanol–water partition coefficient (Wildman–Crippen LogP) is 3.97. The van der Waals surface area contributed by atoms with Crippen LogP contribution in [-0.2, 0) is 8.85 Å². The van der Waals surface area contributed by atoms with Gasteiger partial charge >= 0.3 is 8.72 Å². The Morgan fingerprint density at radius 1 is 0.944 bits per heavy atom. The van der Waals surface area contributed by atoms with Crippen molar-refractivity contribution in [3.63, 3.8) is 0 Å². The van der Waals surface area contributed by atoms with Gasteiger partial charge in [-0.1, -0.05) is 47.5 Å². The zero-order chi connectivity index (χ0) is 13.9. The summed E-state index contributed by atoms with van der Waals surface area (Å²) in [5.41, 5.74) is 0.493. The molecule has 0 aliphatic carbocycles. The minimum atomic E-state index is -2.23. The third-order valence-electron chi connectivity index (χ3n) is 3.20.